The number of rotatable bonds is 4. The number of phenolic OH excluding ortho intramolecular Hbond substituents is 2. The molecule has 0 unspecified atom stereocenters. The number of ether oxygens (including phenoxy) is 2. The van der Waals surface area contributed by atoms with Crippen molar-refractivity contribution in [2.75, 3.05) is 0 Å². The number of aromatic hydroxyl groups is 2. The number of hydrogen-bond acceptors (Lipinski definition) is 6. The fourth-order valence-electron chi connectivity index (χ4n) is 2.74. The first-order valence-electron chi connectivity index (χ1n) is 8.53. The predicted molar refractivity (Wildman–Crippen MR) is 101 cm³/mol. The molecule has 146 valence electrons. The fraction of sp³-hybridized carbons (Fsp3) is 0.200. The molecule has 0 saturated carbocycles. The second kappa shape index (κ2) is 7.91. The molecule has 0 aliphatic carbocycles. The van der Waals surface area contributed by atoms with Crippen LogP contribution in [0.25, 0.3) is 6.08 Å². The molecule has 8 nitrogen and oxygen atoms in total. The van der Waals surface area contributed by atoms with Crippen LogP contribution in [0.4, 0.5) is 0 Å². The molecule has 1 heterocycles. The van der Waals surface area contributed by atoms with Crippen molar-refractivity contribution in [2.45, 2.75) is 26.2 Å². The Labute approximate surface area is 161 Å². The zero-order valence-electron chi connectivity index (χ0n) is 15.3. The summed E-state index contributed by atoms with van der Waals surface area (Å²) in [5.41, 5.74) is 1.28. The Morgan fingerprint density at radius 3 is 2.43 bits per heavy atom. The van der Waals surface area contributed by atoms with Gasteiger partial charge in [0.2, 0.25) is 18.0 Å². The van der Waals surface area contributed by atoms with Gasteiger partial charge in [-0.1, -0.05) is 12.1 Å². The largest absolute Gasteiger partial charge is 0.504 e. The van der Waals surface area contributed by atoms with Gasteiger partial charge in [0, 0.05) is 25.6 Å². The smallest absolute Gasteiger partial charge is 0.220 e. The summed E-state index contributed by atoms with van der Waals surface area (Å²) in [6, 6.07) is 9.46. The first kappa shape index (κ1) is 19.1. The van der Waals surface area contributed by atoms with E-state index < -0.39 is 12.3 Å². The summed E-state index contributed by atoms with van der Waals surface area (Å²) >= 11 is 0. The Balaban J connectivity index is 1.92. The highest BCUT2D eigenvalue weighted by Gasteiger charge is 2.34. The minimum absolute atomic E-state index is 0.181. The molecule has 0 radical (unpaired) electrons. The lowest BCUT2D eigenvalue weighted by Crippen LogP contribution is -2.46. The molecule has 0 spiro atoms. The molecule has 28 heavy (non-hydrogen) atoms. The van der Waals surface area contributed by atoms with Gasteiger partial charge in [-0.25, -0.2) is 0 Å². The number of carbonyl (C=O) groups is 2. The van der Waals surface area contributed by atoms with Crippen LogP contribution in [0.15, 0.2) is 42.6 Å². The number of carbonyl (C=O) groups excluding carboxylic acids is 2. The number of phenols is 2. The van der Waals surface area contributed by atoms with Gasteiger partial charge in [-0.05, 0) is 35.9 Å². The summed E-state index contributed by atoms with van der Waals surface area (Å²) in [4.78, 5) is 22.5. The van der Waals surface area contributed by atoms with Crippen LogP contribution in [0.2, 0.25) is 0 Å². The molecule has 2 aromatic rings. The number of amides is 2. The van der Waals surface area contributed by atoms with E-state index in [-0.39, 0.29) is 23.3 Å². The SMILES string of the molecule is CC(=O)N/C=C\c1ccc2c(c1)O[C@@H](c1ccc(O)c(O)c1)[C@H](NC(C)=O)O2. The van der Waals surface area contributed by atoms with Crippen molar-refractivity contribution in [1.82, 2.24) is 10.6 Å². The maximum Gasteiger partial charge on any atom is 0.220 e. The molecule has 8 heteroatoms. The van der Waals surface area contributed by atoms with Crippen LogP contribution in [-0.4, -0.2) is 28.3 Å². The first-order chi connectivity index (χ1) is 13.3. The van der Waals surface area contributed by atoms with Gasteiger partial charge in [-0.2, -0.15) is 0 Å². The van der Waals surface area contributed by atoms with Gasteiger partial charge in [0.1, 0.15) is 0 Å². The lowest BCUT2D eigenvalue weighted by Gasteiger charge is -2.34. The summed E-state index contributed by atoms with van der Waals surface area (Å²) in [5.74, 6) is -0.180. The van der Waals surface area contributed by atoms with Crippen molar-refractivity contribution in [3.8, 4) is 23.0 Å². The lowest BCUT2D eigenvalue weighted by molar-refractivity contribution is -0.124. The van der Waals surface area contributed by atoms with Crippen LogP contribution in [0, 0.1) is 0 Å². The quantitative estimate of drug-likeness (QED) is 0.601. The summed E-state index contributed by atoms with van der Waals surface area (Å²) in [6.45, 7) is 2.77. The zero-order valence-corrected chi connectivity index (χ0v) is 15.3. The zero-order chi connectivity index (χ0) is 20.3. The minimum atomic E-state index is -0.824. The van der Waals surface area contributed by atoms with Crippen molar-refractivity contribution in [2.24, 2.45) is 0 Å². The molecule has 2 aromatic carbocycles. The normalized spacial score (nSPS) is 17.9. The maximum atomic E-state index is 11.6. The van der Waals surface area contributed by atoms with Crippen LogP contribution in [-0.2, 0) is 9.59 Å². The third-order valence-corrected chi connectivity index (χ3v) is 3.99. The highest BCUT2D eigenvalue weighted by Crippen LogP contribution is 2.41. The monoisotopic (exact) mass is 384 g/mol. The van der Waals surface area contributed by atoms with Gasteiger partial charge in [0.15, 0.2) is 29.1 Å². The van der Waals surface area contributed by atoms with Crippen molar-refractivity contribution in [3.05, 3.63) is 53.7 Å². The summed E-state index contributed by atoms with van der Waals surface area (Å²) in [6.07, 6.45) is 1.64. The molecule has 0 aromatic heterocycles. The third-order valence-electron chi connectivity index (χ3n) is 3.99. The van der Waals surface area contributed by atoms with Crippen molar-refractivity contribution in [1.29, 1.82) is 0 Å². The molecule has 1 aliphatic heterocycles. The van der Waals surface area contributed by atoms with Gasteiger partial charge in [-0.15, -0.1) is 0 Å². The van der Waals surface area contributed by atoms with Crippen LogP contribution in [0.3, 0.4) is 0 Å². The van der Waals surface area contributed by atoms with Gasteiger partial charge < -0.3 is 30.3 Å². The average Bonchev–Trinajstić information content (AvgIpc) is 2.63. The molecule has 3 rings (SSSR count). The highest BCUT2D eigenvalue weighted by molar-refractivity contribution is 5.75. The average molecular weight is 384 g/mol. The van der Waals surface area contributed by atoms with Gasteiger partial charge in [0.05, 0.1) is 0 Å². The van der Waals surface area contributed by atoms with Crippen molar-refractivity contribution >= 4 is 17.9 Å². The number of benzene rings is 2. The number of fused-ring (bicyclic) bond motifs is 1. The molecule has 4 N–H and O–H groups in total. The van der Waals surface area contributed by atoms with E-state index in [9.17, 15) is 19.8 Å². The van der Waals surface area contributed by atoms with Crippen LogP contribution in [0.1, 0.15) is 31.1 Å². The van der Waals surface area contributed by atoms with Crippen molar-refractivity contribution < 1.29 is 29.3 Å². The molecular formula is C20H20N2O6. The number of nitrogens with one attached hydrogen (secondary N) is 2. The van der Waals surface area contributed by atoms with E-state index in [0.29, 0.717) is 17.1 Å². The molecule has 1 aliphatic rings. The second-order valence-electron chi connectivity index (χ2n) is 6.27. The molecule has 0 fully saturated rings. The van der Waals surface area contributed by atoms with E-state index in [1.807, 2.05) is 0 Å². The van der Waals surface area contributed by atoms with E-state index in [2.05, 4.69) is 10.6 Å². The first-order valence-corrected chi connectivity index (χ1v) is 8.53. The summed E-state index contributed by atoms with van der Waals surface area (Å²) < 4.78 is 11.9. The molecular weight excluding hydrogens is 364 g/mol. The summed E-state index contributed by atoms with van der Waals surface area (Å²) in [7, 11) is 0. The minimum Gasteiger partial charge on any atom is -0.504 e. The van der Waals surface area contributed by atoms with Gasteiger partial charge in [0.25, 0.3) is 0 Å². The highest BCUT2D eigenvalue weighted by atomic mass is 16.6. The Hall–Kier alpha value is -3.68. The van der Waals surface area contributed by atoms with Crippen molar-refractivity contribution in [3.63, 3.8) is 0 Å². The number of hydrogen-bond donors (Lipinski definition) is 4. The van der Waals surface area contributed by atoms with Gasteiger partial charge in [-0.3, -0.25) is 9.59 Å². The van der Waals surface area contributed by atoms with Crippen LogP contribution < -0.4 is 20.1 Å². The third kappa shape index (κ3) is 4.35. The van der Waals surface area contributed by atoms with Crippen LogP contribution >= 0.6 is 0 Å². The Morgan fingerprint density at radius 1 is 0.964 bits per heavy atom. The Bertz CT molecular complexity index is 940. The standard InChI is InChI=1S/C20H20N2O6/c1-11(23)21-8-7-13-3-6-17-18(9-13)27-19(20(28-17)22-12(2)24)14-4-5-15(25)16(26)10-14/h3-10,19-20,25-26H,1-2H3,(H,21,23)(H,22,24)/b8-7-/t19-,20+/m0/s1. The molecule has 0 bridgehead atoms. The second-order valence-corrected chi connectivity index (χ2v) is 6.27. The van der Waals surface area contributed by atoms with E-state index in [1.165, 1.54) is 32.2 Å². The van der Waals surface area contributed by atoms with Gasteiger partial charge >= 0.3 is 0 Å². The Kier molecular flexibility index (Phi) is 5.39. The van der Waals surface area contributed by atoms with E-state index in [4.69, 9.17) is 9.47 Å². The van der Waals surface area contributed by atoms with E-state index in [0.717, 1.165) is 5.56 Å². The summed E-state index contributed by atoms with van der Waals surface area (Å²) in [5, 5.41) is 24.6. The fourth-order valence-corrected chi connectivity index (χ4v) is 2.74. The Morgan fingerprint density at radius 2 is 1.75 bits per heavy atom. The molecule has 2 atom stereocenters. The maximum absolute atomic E-state index is 11.6. The predicted octanol–water partition coefficient (Wildman–Crippen LogP) is 2.18. The lowest BCUT2D eigenvalue weighted by atomic mass is 10.1. The topological polar surface area (TPSA) is 117 Å². The molecule has 0 saturated heterocycles. The molecule has 2 amide bonds. The van der Waals surface area contributed by atoms with Crippen LogP contribution in [0.5, 0.6) is 23.0 Å². The van der Waals surface area contributed by atoms with E-state index in [1.54, 1.807) is 30.3 Å². The van der Waals surface area contributed by atoms with E-state index >= 15 is 0 Å².